The molecule has 8 nitrogen and oxygen atoms in total. The second-order valence-corrected chi connectivity index (χ2v) is 3.29. The average molecular weight is 255 g/mol. The Morgan fingerprint density at radius 1 is 1.17 bits per heavy atom. The maximum Gasteiger partial charge on any atom is 0.322 e. The molecule has 4 N–H and O–H groups in total. The van der Waals surface area contributed by atoms with E-state index in [0.717, 1.165) is 0 Å². The topological polar surface area (TPSA) is 121 Å². The first-order valence-electron chi connectivity index (χ1n) is 5.10. The minimum Gasteiger partial charge on any atom is -0.480 e. The van der Waals surface area contributed by atoms with Crippen LogP contribution in [0.15, 0.2) is 22.8 Å². The largest absolute Gasteiger partial charge is 0.480 e. The van der Waals surface area contributed by atoms with Crippen LogP contribution in [0.3, 0.4) is 0 Å². The van der Waals surface area contributed by atoms with E-state index in [9.17, 15) is 14.4 Å². The van der Waals surface area contributed by atoms with E-state index in [1.807, 2.05) is 0 Å². The molecule has 18 heavy (non-hydrogen) atoms. The Morgan fingerprint density at radius 3 is 2.56 bits per heavy atom. The van der Waals surface area contributed by atoms with E-state index in [4.69, 9.17) is 9.52 Å². The maximum atomic E-state index is 11.2. The van der Waals surface area contributed by atoms with Crippen LogP contribution >= 0.6 is 0 Å². The van der Waals surface area contributed by atoms with Crippen LogP contribution in [0.2, 0.25) is 0 Å². The average Bonchev–Trinajstić information content (AvgIpc) is 2.84. The van der Waals surface area contributed by atoms with Crippen molar-refractivity contribution in [1.82, 2.24) is 16.0 Å². The minimum absolute atomic E-state index is 0.204. The number of hydrogen-bond donors (Lipinski definition) is 4. The summed E-state index contributed by atoms with van der Waals surface area (Å²) < 4.78 is 4.99. The molecule has 98 valence electrons. The number of amides is 3. The van der Waals surface area contributed by atoms with Gasteiger partial charge in [-0.1, -0.05) is 0 Å². The van der Waals surface area contributed by atoms with Crippen LogP contribution in [0.1, 0.15) is 5.76 Å². The summed E-state index contributed by atoms with van der Waals surface area (Å²) in [5, 5.41) is 15.1. The van der Waals surface area contributed by atoms with Gasteiger partial charge in [0.15, 0.2) is 0 Å². The van der Waals surface area contributed by atoms with Crippen molar-refractivity contribution in [3.8, 4) is 0 Å². The van der Waals surface area contributed by atoms with Gasteiger partial charge in [0.1, 0.15) is 12.3 Å². The molecule has 1 heterocycles. The predicted molar refractivity (Wildman–Crippen MR) is 59.6 cm³/mol. The van der Waals surface area contributed by atoms with E-state index in [1.54, 1.807) is 12.1 Å². The van der Waals surface area contributed by atoms with E-state index < -0.39 is 24.5 Å². The third-order valence-electron chi connectivity index (χ3n) is 1.85. The number of rotatable bonds is 6. The van der Waals surface area contributed by atoms with Gasteiger partial charge in [-0.15, -0.1) is 0 Å². The van der Waals surface area contributed by atoms with Crippen LogP contribution in [0.4, 0.5) is 4.79 Å². The highest BCUT2D eigenvalue weighted by Crippen LogP contribution is 1.97. The highest BCUT2D eigenvalue weighted by Gasteiger charge is 2.06. The first kappa shape index (κ1) is 13.6. The lowest BCUT2D eigenvalue weighted by Gasteiger charge is -2.06. The van der Waals surface area contributed by atoms with Crippen molar-refractivity contribution in [1.29, 1.82) is 0 Å². The summed E-state index contributed by atoms with van der Waals surface area (Å²) in [7, 11) is 0. The van der Waals surface area contributed by atoms with Crippen LogP contribution in [0, 0.1) is 0 Å². The first-order valence-corrected chi connectivity index (χ1v) is 5.10. The molecule has 1 aromatic rings. The molecule has 3 amide bonds. The second-order valence-electron chi connectivity index (χ2n) is 3.29. The summed E-state index contributed by atoms with van der Waals surface area (Å²) in [5.74, 6) is -1.14. The van der Waals surface area contributed by atoms with Gasteiger partial charge in [-0.25, -0.2) is 4.79 Å². The predicted octanol–water partition coefficient (Wildman–Crippen LogP) is -0.720. The number of carbonyl (C=O) groups excluding carboxylic acids is 2. The summed E-state index contributed by atoms with van der Waals surface area (Å²) in [4.78, 5) is 32.4. The molecule has 8 heteroatoms. The Labute approximate surface area is 102 Å². The van der Waals surface area contributed by atoms with Crippen molar-refractivity contribution in [2.75, 3.05) is 13.1 Å². The number of nitrogens with one attached hydrogen (secondary N) is 3. The molecule has 0 aliphatic rings. The smallest absolute Gasteiger partial charge is 0.322 e. The number of hydrogen-bond acceptors (Lipinski definition) is 4. The van der Waals surface area contributed by atoms with E-state index in [-0.39, 0.29) is 13.1 Å². The van der Waals surface area contributed by atoms with E-state index in [2.05, 4.69) is 16.0 Å². The molecule has 0 aliphatic heterocycles. The zero-order valence-electron chi connectivity index (χ0n) is 9.43. The molecule has 0 unspecified atom stereocenters. The second kappa shape index (κ2) is 6.94. The summed E-state index contributed by atoms with van der Waals surface area (Å²) in [6.07, 6.45) is 1.48. The van der Waals surface area contributed by atoms with E-state index in [0.29, 0.717) is 5.76 Å². The molecular formula is C10H13N3O5. The SMILES string of the molecule is O=C(O)CNC(=O)CNC(=O)NCc1ccco1. The summed E-state index contributed by atoms with van der Waals surface area (Å²) >= 11 is 0. The fraction of sp³-hybridized carbons (Fsp3) is 0.300. The van der Waals surface area contributed by atoms with Crippen molar-refractivity contribution < 1.29 is 23.9 Å². The van der Waals surface area contributed by atoms with Gasteiger partial charge < -0.3 is 25.5 Å². The van der Waals surface area contributed by atoms with Crippen LogP contribution in [0.25, 0.3) is 0 Å². The molecule has 0 saturated heterocycles. The molecule has 0 radical (unpaired) electrons. The number of furan rings is 1. The molecule has 0 atom stereocenters. The molecule has 1 aromatic heterocycles. The van der Waals surface area contributed by atoms with Crippen LogP contribution in [0.5, 0.6) is 0 Å². The van der Waals surface area contributed by atoms with Crippen molar-refractivity contribution >= 4 is 17.9 Å². The standard InChI is InChI=1S/C10H13N3O5/c14-8(11-6-9(15)16)5-13-10(17)12-4-7-2-1-3-18-7/h1-3H,4-6H2,(H,11,14)(H,15,16)(H2,12,13,17). The third kappa shape index (κ3) is 5.54. The van der Waals surface area contributed by atoms with Gasteiger partial charge >= 0.3 is 12.0 Å². The van der Waals surface area contributed by atoms with Crippen molar-refractivity contribution in [2.24, 2.45) is 0 Å². The van der Waals surface area contributed by atoms with Gasteiger partial charge in [-0.3, -0.25) is 9.59 Å². The Balaban J connectivity index is 2.13. The number of urea groups is 1. The lowest BCUT2D eigenvalue weighted by atomic mass is 10.4. The van der Waals surface area contributed by atoms with Crippen LogP contribution < -0.4 is 16.0 Å². The first-order chi connectivity index (χ1) is 8.58. The lowest BCUT2D eigenvalue weighted by Crippen LogP contribution is -2.42. The van der Waals surface area contributed by atoms with Gasteiger partial charge in [0.2, 0.25) is 5.91 Å². The van der Waals surface area contributed by atoms with Gasteiger partial charge in [0, 0.05) is 0 Å². The Kier molecular flexibility index (Phi) is 5.23. The van der Waals surface area contributed by atoms with Gasteiger partial charge in [-0.05, 0) is 12.1 Å². The number of carboxylic acids is 1. The summed E-state index contributed by atoms with van der Waals surface area (Å²) in [5.41, 5.74) is 0. The highest BCUT2D eigenvalue weighted by molar-refractivity contribution is 5.86. The zero-order chi connectivity index (χ0) is 13.4. The normalized spacial score (nSPS) is 9.56. The lowest BCUT2D eigenvalue weighted by molar-refractivity contribution is -0.137. The number of aliphatic carboxylic acids is 1. The quantitative estimate of drug-likeness (QED) is 0.534. The zero-order valence-corrected chi connectivity index (χ0v) is 9.43. The molecule has 0 saturated carbocycles. The van der Waals surface area contributed by atoms with E-state index in [1.165, 1.54) is 6.26 Å². The maximum absolute atomic E-state index is 11.2. The number of carboxylic acid groups (broad SMARTS) is 1. The third-order valence-corrected chi connectivity index (χ3v) is 1.85. The fourth-order valence-corrected chi connectivity index (χ4v) is 1.04. The minimum atomic E-state index is -1.15. The van der Waals surface area contributed by atoms with Crippen molar-refractivity contribution in [3.05, 3.63) is 24.2 Å². The molecule has 1 rings (SSSR count). The molecule has 0 fully saturated rings. The van der Waals surface area contributed by atoms with Crippen LogP contribution in [-0.4, -0.2) is 36.1 Å². The Hall–Kier alpha value is -2.51. The molecule has 0 aromatic carbocycles. The molecule has 0 spiro atoms. The molecule has 0 aliphatic carbocycles. The van der Waals surface area contributed by atoms with Gasteiger partial charge in [-0.2, -0.15) is 0 Å². The Bertz CT molecular complexity index is 415. The summed E-state index contributed by atoms with van der Waals surface area (Å²) in [6.45, 7) is -0.568. The Morgan fingerprint density at radius 2 is 1.94 bits per heavy atom. The monoisotopic (exact) mass is 255 g/mol. The molecular weight excluding hydrogens is 242 g/mol. The van der Waals surface area contributed by atoms with Crippen molar-refractivity contribution in [3.63, 3.8) is 0 Å². The van der Waals surface area contributed by atoms with Gasteiger partial charge in [0.05, 0.1) is 19.4 Å². The van der Waals surface area contributed by atoms with E-state index >= 15 is 0 Å². The van der Waals surface area contributed by atoms with Crippen LogP contribution in [-0.2, 0) is 16.1 Å². The van der Waals surface area contributed by atoms with Gasteiger partial charge in [0.25, 0.3) is 0 Å². The highest BCUT2D eigenvalue weighted by atomic mass is 16.4. The van der Waals surface area contributed by atoms with Crippen molar-refractivity contribution in [2.45, 2.75) is 6.54 Å². The molecule has 0 bridgehead atoms. The number of carbonyl (C=O) groups is 3. The summed E-state index contributed by atoms with van der Waals surface area (Å²) in [6, 6.07) is 2.84. The fourth-order valence-electron chi connectivity index (χ4n) is 1.04.